The fourth-order valence-electron chi connectivity index (χ4n) is 2.80. The van der Waals surface area contributed by atoms with Gasteiger partial charge in [0, 0.05) is 31.9 Å². The molecule has 25 heavy (non-hydrogen) atoms. The normalized spacial score (nSPS) is 17.9. The second-order valence-electron chi connectivity index (χ2n) is 6.06. The van der Waals surface area contributed by atoms with Crippen LogP contribution in [0, 0.1) is 5.82 Å². The SMILES string of the molecule is Fc1ccc(NC(=S)NC[C@H]2CN(Cc3ccccc3)CCO2)cc1. The lowest BCUT2D eigenvalue weighted by Crippen LogP contribution is -2.47. The van der Waals surface area contributed by atoms with E-state index < -0.39 is 0 Å². The molecule has 1 fully saturated rings. The Kier molecular flexibility index (Phi) is 6.33. The molecule has 1 atom stereocenters. The highest BCUT2D eigenvalue weighted by atomic mass is 32.1. The number of nitrogens with one attached hydrogen (secondary N) is 2. The van der Waals surface area contributed by atoms with Crippen LogP contribution in [0.2, 0.25) is 0 Å². The molecule has 0 aromatic heterocycles. The maximum atomic E-state index is 12.9. The summed E-state index contributed by atoms with van der Waals surface area (Å²) >= 11 is 5.29. The third-order valence-electron chi connectivity index (χ3n) is 4.06. The molecular formula is C19H22FN3OS. The quantitative estimate of drug-likeness (QED) is 0.803. The number of morpholine rings is 1. The van der Waals surface area contributed by atoms with E-state index in [2.05, 4.69) is 39.8 Å². The summed E-state index contributed by atoms with van der Waals surface area (Å²) in [5.41, 5.74) is 2.07. The van der Waals surface area contributed by atoms with Crippen molar-refractivity contribution in [3.63, 3.8) is 0 Å². The van der Waals surface area contributed by atoms with E-state index in [0.29, 0.717) is 11.7 Å². The molecule has 4 nitrogen and oxygen atoms in total. The third-order valence-corrected chi connectivity index (χ3v) is 4.31. The number of benzene rings is 2. The summed E-state index contributed by atoms with van der Waals surface area (Å²) in [4.78, 5) is 2.39. The molecular weight excluding hydrogens is 337 g/mol. The van der Waals surface area contributed by atoms with Crippen molar-refractivity contribution in [2.45, 2.75) is 12.6 Å². The molecule has 132 valence electrons. The van der Waals surface area contributed by atoms with Gasteiger partial charge in [-0.3, -0.25) is 4.90 Å². The summed E-state index contributed by atoms with van der Waals surface area (Å²) in [6.45, 7) is 4.08. The van der Waals surface area contributed by atoms with Gasteiger partial charge in [0.25, 0.3) is 0 Å². The van der Waals surface area contributed by atoms with Crippen molar-refractivity contribution in [2.75, 3.05) is 31.6 Å². The van der Waals surface area contributed by atoms with Gasteiger partial charge in [-0.15, -0.1) is 0 Å². The van der Waals surface area contributed by atoms with Gasteiger partial charge in [0.15, 0.2) is 5.11 Å². The Morgan fingerprint density at radius 2 is 1.92 bits per heavy atom. The van der Waals surface area contributed by atoms with E-state index >= 15 is 0 Å². The van der Waals surface area contributed by atoms with Gasteiger partial charge in [-0.2, -0.15) is 0 Å². The molecule has 0 bridgehead atoms. The summed E-state index contributed by atoms with van der Waals surface area (Å²) in [5, 5.41) is 6.73. The van der Waals surface area contributed by atoms with Crippen molar-refractivity contribution in [3.8, 4) is 0 Å². The van der Waals surface area contributed by atoms with Gasteiger partial charge < -0.3 is 15.4 Å². The summed E-state index contributed by atoms with van der Waals surface area (Å²) in [7, 11) is 0. The van der Waals surface area contributed by atoms with Gasteiger partial charge in [-0.25, -0.2) is 4.39 Å². The zero-order chi connectivity index (χ0) is 17.5. The van der Waals surface area contributed by atoms with E-state index in [-0.39, 0.29) is 11.9 Å². The Morgan fingerprint density at radius 1 is 1.16 bits per heavy atom. The number of halogens is 1. The molecule has 0 amide bonds. The first-order valence-electron chi connectivity index (χ1n) is 8.37. The van der Waals surface area contributed by atoms with Crippen molar-refractivity contribution in [2.24, 2.45) is 0 Å². The predicted molar refractivity (Wildman–Crippen MR) is 102 cm³/mol. The van der Waals surface area contributed by atoms with Gasteiger partial charge in [-0.1, -0.05) is 30.3 Å². The second kappa shape index (κ2) is 8.89. The number of hydrogen-bond donors (Lipinski definition) is 2. The van der Waals surface area contributed by atoms with Gasteiger partial charge in [0.05, 0.1) is 12.7 Å². The Morgan fingerprint density at radius 3 is 2.68 bits per heavy atom. The van der Waals surface area contributed by atoms with Crippen LogP contribution >= 0.6 is 12.2 Å². The minimum atomic E-state index is -0.265. The van der Waals surface area contributed by atoms with Crippen LogP contribution < -0.4 is 10.6 Å². The van der Waals surface area contributed by atoms with Crippen LogP contribution in [0.3, 0.4) is 0 Å². The molecule has 1 aliphatic rings. The zero-order valence-corrected chi connectivity index (χ0v) is 14.8. The summed E-state index contributed by atoms with van der Waals surface area (Å²) in [5.74, 6) is -0.265. The summed E-state index contributed by atoms with van der Waals surface area (Å²) in [6, 6.07) is 16.6. The average molecular weight is 359 g/mol. The molecule has 0 radical (unpaired) electrons. The van der Waals surface area contributed by atoms with Crippen LogP contribution in [0.25, 0.3) is 0 Å². The van der Waals surface area contributed by atoms with E-state index in [4.69, 9.17) is 17.0 Å². The molecule has 2 aromatic carbocycles. The van der Waals surface area contributed by atoms with Crippen molar-refractivity contribution >= 4 is 23.0 Å². The Bertz CT molecular complexity index is 681. The van der Waals surface area contributed by atoms with E-state index in [9.17, 15) is 4.39 Å². The van der Waals surface area contributed by atoms with E-state index in [1.54, 1.807) is 12.1 Å². The number of anilines is 1. The largest absolute Gasteiger partial charge is 0.374 e. The first kappa shape index (κ1) is 17.8. The standard InChI is InChI=1S/C19H22FN3OS/c20-16-6-8-17(9-7-16)22-19(25)21-12-18-14-23(10-11-24-18)13-15-4-2-1-3-5-15/h1-9,18H,10-14H2,(H2,21,22,25)/t18-/m0/s1. The summed E-state index contributed by atoms with van der Waals surface area (Å²) in [6.07, 6.45) is 0.0884. The van der Waals surface area contributed by atoms with E-state index in [1.807, 2.05) is 6.07 Å². The first-order chi connectivity index (χ1) is 12.2. The Hall–Kier alpha value is -2.02. The topological polar surface area (TPSA) is 36.5 Å². The highest BCUT2D eigenvalue weighted by Gasteiger charge is 2.20. The van der Waals surface area contributed by atoms with Crippen LogP contribution in [-0.4, -0.2) is 42.4 Å². The molecule has 0 saturated carbocycles. The van der Waals surface area contributed by atoms with E-state index in [0.717, 1.165) is 31.9 Å². The van der Waals surface area contributed by atoms with Crippen LogP contribution in [0.5, 0.6) is 0 Å². The van der Waals surface area contributed by atoms with Crippen LogP contribution in [0.4, 0.5) is 10.1 Å². The zero-order valence-electron chi connectivity index (χ0n) is 14.0. The van der Waals surface area contributed by atoms with Crippen molar-refractivity contribution in [1.82, 2.24) is 10.2 Å². The second-order valence-corrected chi connectivity index (χ2v) is 6.46. The Balaban J connectivity index is 1.43. The van der Waals surface area contributed by atoms with Crippen molar-refractivity contribution in [1.29, 1.82) is 0 Å². The number of ether oxygens (including phenoxy) is 1. The van der Waals surface area contributed by atoms with Gasteiger partial charge >= 0.3 is 0 Å². The number of hydrogen-bond acceptors (Lipinski definition) is 3. The first-order valence-corrected chi connectivity index (χ1v) is 8.78. The van der Waals surface area contributed by atoms with Crippen LogP contribution in [-0.2, 0) is 11.3 Å². The average Bonchev–Trinajstić information content (AvgIpc) is 2.63. The number of thiocarbonyl (C=S) groups is 1. The minimum absolute atomic E-state index is 0.0884. The maximum Gasteiger partial charge on any atom is 0.170 e. The summed E-state index contributed by atoms with van der Waals surface area (Å²) < 4.78 is 18.7. The fourth-order valence-corrected chi connectivity index (χ4v) is 3.01. The lowest BCUT2D eigenvalue weighted by atomic mass is 10.2. The smallest absolute Gasteiger partial charge is 0.170 e. The highest BCUT2D eigenvalue weighted by Crippen LogP contribution is 2.11. The molecule has 2 N–H and O–H groups in total. The lowest BCUT2D eigenvalue weighted by Gasteiger charge is -2.33. The van der Waals surface area contributed by atoms with Crippen molar-refractivity contribution < 1.29 is 9.13 Å². The minimum Gasteiger partial charge on any atom is -0.374 e. The van der Waals surface area contributed by atoms with Gasteiger partial charge in [0.1, 0.15) is 5.82 Å². The van der Waals surface area contributed by atoms with Crippen LogP contribution in [0.15, 0.2) is 54.6 Å². The van der Waals surface area contributed by atoms with Gasteiger partial charge in [0.2, 0.25) is 0 Å². The third kappa shape index (κ3) is 5.77. The monoisotopic (exact) mass is 359 g/mol. The molecule has 1 saturated heterocycles. The van der Waals surface area contributed by atoms with Gasteiger partial charge in [-0.05, 0) is 42.0 Å². The predicted octanol–water partition coefficient (Wildman–Crippen LogP) is 3.01. The molecule has 6 heteroatoms. The molecule has 1 heterocycles. The fraction of sp³-hybridized carbons (Fsp3) is 0.316. The maximum absolute atomic E-state index is 12.9. The lowest BCUT2D eigenvalue weighted by molar-refractivity contribution is -0.0279. The Labute approximate surface area is 153 Å². The van der Waals surface area contributed by atoms with Crippen molar-refractivity contribution in [3.05, 3.63) is 66.0 Å². The highest BCUT2D eigenvalue weighted by molar-refractivity contribution is 7.80. The number of nitrogens with zero attached hydrogens (tertiary/aromatic N) is 1. The van der Waals surface area contributed by atoms with E-state index in [1.165, 1.54) is 17.7 Å². The molecule has 0 aliphatic carbocycles. The molecule has 0 unspecified atom stereocenters. The number of rotatable bonds is 5. The molecule has 3 rings (SSSR count). The molecule has 0 spiro atoms. The molecule has 1 aliphatic heterocycles. The van der Waals surface area contributed by atoms with Crippen LogP contribution in [0.1, 0.15) is 5.56 Å². The molecule has 2 aromatic rings.